The van der Waals surface area contributed by atoms with E-state index in [9.17, 15) is 0 Å². The average Bonchev–Trinajstić information content (AvgIpc) is 2.32. The zero-order chi connectivity index (χ0) is 12.3. The summed E-state index contributed by atoms with van der Waals surface area (Å²) in [6.07, 6.45) is 0. The summed E-state index contributed by atoms with van der Waals surface area (Å²) in [5.41, 5.74) is 6.81. The van der Waals surface area contributed by atoms with E-state index in [0.29, 0.717) is 22.7 Å². The highest BCUT2D eigenvalue weighted by Crippen LogP contribution is 2.29. The lowest BCUT2D eigenvalue weighted by Crippen LogP contribution is -1.92. The molecule has 0 bridgehead atoms. The molecule has 0 aliphatic rings. The number of nitrogen functional groups attached to an aromatic ring is 1. The van der Waals surface area contributed by atoms with E-state index in [1.54, 1.807) is 18.2 Å². The molecule has 2 aromatic carbocycles. The number of nitrogens with zero attached hydrogens (tertiary/aromatic N) is 1. The van der Waals surface area contributed by atoms with Crippen LogP contribution in [0, 0.1) is 11.3 Å². The third-order valence-electron chi connectivity index (χ3n) is 2.17. The first kappa shape index (κ1) is 11.5. The monoisotopic (exact) mass is 288 g/mol. The van der Waals surface area contributed by atoms with Crippen molar-refractivity contribution in [2.24, 2.45) is 0 Å². The van der Waals surface area contributed by atoms with Crippen LogP contribution in [0.4, 0.5) is 5.69 Å². The van der Waals surface area contributed by atoms with Crippen LogP contribution in [0.1, 0.15) is 5.56 Å². The molecular formula is C13H9BrN2O. The summed E-state index contributed by atoms with van der Waals surface area (Å²) in [6, 6.07) is 14.4. The molecule has 17 heavy (non-hydrogen) atoms. The second-order valence-corrected chi connectivity index (χ2v) is 4.34. The van der Waals surface area contributed by atoms with Crippen LogP contribution in [-0.2, 0) is 0 Å². The summed E-state index contributed by atoms with van der Waals surface area (Å²) < 4.78 is 6.55. The number of hydrogen-bond acceptors (Lipinski definition) is 3. The minimum Gasteiger partial charge on any atom is -0.455 e. The Morgan fingerprint density at radius 1 is 1.18 bits per heavy atom. The number of ether oxygens (including phenoxy) is 1. The molecule has 0 aliphatic carbocycles. The van der Waals surface area contributed by atoms with Crippen molar-refractivity contribution < 1.29 is 4.74 Å². The minimum atomic E-state index is 0.488. The van der Waals surface area contributed by atoms with Gasteiger partial charge in [-0.15, -0.1) is 0 Å². The fourth-order valence-corrected chi connectivity index (χ4v) is 1.73. The van der Waals surface area contributed by atoms with Crippen molar-refractivity contribution in [3.05, 3.63) is 52.5 Å². The standard InChI is InChI=1S/C13H9BrN2O/c14-10-2-1-3-11(7-10)17-13-6-9(8-15)4-5-12(13)16/h1-7H,16H2. The van der Waals surface area contributed by atoms with Crippen molar-refractivity contribution >= 4 is 21.6 Å². The largest absolute Gasteiger partial charge is 0.455 e. The summed E-state index contributed by atoms with van der Waals surface area (Å²) in [4.78, 5) is 0. The van der Waals surface area contributed by atoms with Gasteiger partial charge in [-0.2, -0.15) is 5.26 Å². The van der Waals surface area contributed by atoms with Gasteiger partial charge in [0.05, 0.1) is 17.3 Å². The van der Waals surface area contributed by atoms with Crippen LogP contribution >= 0.6 is 15.9 Å². The van der Waals surface area contributed by atoms with E-state index in [1.165, 1.54) is 0 Å². The smallest absolute Gasteiger partial charge is 0.151 e. The van der Waals surface area contributed by atoms with E-state index in [2.05, 4.69) is 15.9 Å². The zero-order valence-corrected chi connectivity index (χ0v) is 10.4. The molecule has 0 spiro atoms. The van der Waals surface area contributed by atoms with E-state index in [4.69, 9.17) is 15.7 Å². The molecule has 0 saturated heterocycles. The number of nitriles is 1. The molecule has 0 unspecified atom stereocenters. The Hall–Kier alpha value is -1.99. The van der Waals surface area contributed by atoms with Gasteiger partial charge in [-0.1, -0.05) is 22.0 Å². The number of anilines is 1. The Morgan fingerprint density at radius 3 is 2.71 bits per heavy atom. The Morgan fingerprint density at radius 2 is 2.00 bits per heavy atom. The molecule has 0 amide bonds. The van der Waals surface area contributed by atoms with Crippen molar-refractivity contribution in [2.45, 2.75) is 0 Å². The number of hydrogen-bond donors (Lipinski definition) is 1. The molecule has 0 radical (unpaired) electrons. The van der Waals surface area contributed by atoms with Gasteiger partial charge in [-0.25, -0.2) is 0 Å². The normalized spacial score (nSPS) is 9.65. The summed E-state index contributed by atoms with van der Waals surface area (Å²) in [5.74, 6) is 1.16. The maximum absolute atomic E-state index is 8.81. The third-order valence-corrected chi connectivity index (χ3v) is 2.66. The molecule has 0 aromatic heterocycles. The molecule has 0 fully saturated rings. The number of benzene rings is 2. The molecule has 84 valence electrons. The van der Waals surface area contributed by atoms with Crippen molar-refractivity contribution in [2.75, 3.05) is 5.73 Å². The second-order valence-electron chi connectivity index (χ2n) is 3.42. The molecule has 0 aliphatic heterocycles. The highest BCUT2D eigenvalue weighted by atomic mass is 79.9. The Kier molecular flexibility index (Phi) is 3.31. The van der Waals surface area contributed by atoms with Crippen LogP contribution < -0.4 is 10.5 Å². The Labute approximate surface area is 108 Å². The molecule has 2 aromatic rings. The summed E-state index contributed by atoms with van der Waals surface area (Å²) in [5, 5.41) is 8.81. The van der Waals surface area contributed by atoms with Gasteiger partial charge in [-0.3, -0.25) is 0 Å². The van der Waals surface area contributed by atoms with E-state index >= 15 is 0 Å². The van der Waals surface area contributed by atoms with Crippen molar-refractivity contribution in [3.63, 3.8) is 0 Å². The van der Waals surface area contributed by atoms with E-state index in [-0.39, 0.29) is 0 Å². The number of rotatable bonds is 2. The maximum atomic E-state index is 8.81. The molecule has 4 heteroatoms. The SMILES string of the molecule is N#Cc1ccc(N)c(Oc2cccc(Br)c2)c1. The van der Waals surface area contributed by atoms with Gasteiger partial charge in [0.25, 0.3) is 0 Å². The first-order valence-electron chi connectivity index (χ1n) is 4.92. The highest BCUT2D eigenvalue weighted by molar-refractivity contribution is 9.10. The van der Waals surface area contributed by atoms with E-state index in [0.717, 1.165) is 4.47 Å². The van der Waals surface area contributed by atoms with E-state index < -0.39 is 0 Å². The van der Waals surface area contributed by atoms with Crippen molar-refractivity contribution in [3.8, 4) is 17.6 Å². The predicted octanol–water partition coefficient (Wildman–Crippen LogP) is 3.70. The van der Waals surface area contributed by atoms with Gasteiger partial charge in [0.2, 0.25) is 0 Å². The molecule has 0 atom stereocenters. The van der Waals surface area contributed by atoms with Crippen LogP contribution in [-0.4, -0.2) is 0 Å². The first-order chi connectivity index (χ1) is 8.19. The van der Waals surface area contributed by atoms with Crippen LogP contribution in [0.15, 0.2) is 46.9 Å². The van der Waals surface area contributed by atoms with Gasteiger partial charge in [0.15, 0.2) is 5.75 Å². The van der Waals surface area contributed by atoms with Gasteiger partial charge >= 0.3 is 0 Å². The Balaban J connectivity index is 2.33. The highest BCUT2D eigenvalue weighted by Gasteiger charge is 2.04. The molecule has 2 rings (SSSR count). The minimum absolute atomic E-state index is 0.488. The predicted molar refractivity (Wildman–Crippen MR) is 69.8 cm³/mol. The van der Waals surface area contributed by atoms with Gasteiger partial charge in [-0.05, 0) is 30.3 Å². The fourth-order valence-electron chi connectivity index (χ4n) is 1.35. The second kappa shape index (κ2) is 4.89. The van der Waals surface area contributed by atoms with Gasteiger partial charge in [0, 0.05) is 10.5 Å². The fraction of sp³-hybridized carbons (Fsp3) is 0. The quantitative estimate of drug-likeness (QED) is 0.858. The molecule has 0 saturated carbocycles. The molecule has 2 N–H and O–H groups in total. The van der Waals surface area contributed by atoms with Crippen LogP contribution in [0.25, 0.3) is 0 Å². The zero-order valence-electron chi connectivity index (χ0n) is 8.85. The topological polar surface area (TPSA) is 59.0 Å². The van der Waals surface area contributed by atoms with Gasteiger partial charge < -0.3 is 10.5 Å². The van der Waals surface area contributed by atoms with E-state index in [1.807, 2.05) is 30.3 Å². The number of halogens is 1. The number of nitrogens with two attached hydrogens (primary N) is 1. The summed E-state index contributed by atoms with van der Waals surface area (Å²) >= 11 is 3.36. The van der Waals surface area contributed by atoms with Crippen molar-refractivity contribution in [1.82, 2.24) is 0 Å². The summed E-state index contributed by atoms with van der Waals surface area (Å²) in [7, 11) is 0. The molecule has 0 heterocycles. The lowest BCUT2D eigenvalue weighted by atomic mass is 10.2. The maximum Gasteiger partial charge on any atom is 0.151 e. The molecule has 3 nitrogen and oxygen atoms in total. The lowest BCUT2D eigenvalue weighted by Gasteiger charge is -2.08. The van der Waals surface area contributed by atoms with Gasteiger partial charge in [0.1, 0.15) is 5.75 Å². The summed E-state index contributed by atoms with van der Waals surface area (Å²) in [6.45, 7) is 0. The van der Waals surface area contributed by atoms with Crippen LogP contribution in [0.2, 0.25) is 0 Å². The molecular weight excluding hydrogens is 280 g/mol. The van der Waals surface area contributed by atoms with Crippen LogP contribution in [0.3, 0.4) is 0 Å². The average molecular weight is 289 g/mol. The first-order valence-corrected chi connectivity index (χ1v) is 5.71. The Bertz CT molecular complexity index is 590. The third kappa shape index (κ3) is 2.77. The van der Waals surface area contributed by atoms with Crippen molar-refractivity contribution in [1.29, 1.82) is 5.26 Å². The van der Waals surface area contributed by atoms with Crippen LogP contribution in [0.5, 0.6) is 11.5 Å². The lowest BCUT2D eigenvalue weighted by molar-refractivity contribution is 0.484.